The second-order valence-corrected chi connectivity index (χ2v) is 2.68. The van der Waals surface area contributed by atoms with E-state index in [9.17, 15) is 0 Å². The first-order valence-electron chi connectivity index (χ1n) is 3.01. The fourth-order valence-electron chi connectivity index (χ4n) is 0.567. The minimum atomic E-state index is 1.22. The van der Waals surface area contributed by atoms with Crippen LogP contribution in [0.25, 0.3) is 0 Å². The van der Waals surface area contributed by atoms with Crippen molar-refractivity contribution < 1.29 is 32.7 Å². The molecule has 3 nitrogen and oxygen atoms in total. The third-order valence-electron chi connectivity index (χ3n) is 0.953. The topological polar surface area (TPSA) is 51.2 Å². The van der Waals surface area contributed by atoms with E-state index in [2.05, 4.69) is 56.9 Å². The standard InChI is InChI=1S/C6H7.3CO.Ru/c1-2-4-6-5-3-1;3*1-2;/h1-3H,4,6H2;;;;. The Morgan fingerprint density at radius 2 is 1.54 bits per heavy atom. The van der Waals surface area contributed by atoms with Gasteiger partial charge in [0.25, 0.3) is 20.4 Å². The molecule has 0 N–H and O–H groups in total. The molecule has 0 atom stereocenters. The molecule has 0 saturated heterocycles. The SMILES string of the molecule is [C]=O.[C]=O.[C]=O.[Ru][C]1=CC=CCC1. The average molecular weight is 264 g/mol. The molecule has 0 fully saturated rings. The molecule has 0 aromatic heterocycles. The summed E-state index contributed by atoms with van der Waals surface area (Å²) in [5, 5.41) is 0. The molecule has 1 aliphatic carbocycles. The zero-order valence-corrected chi connectivity index (χ0v) is 8.46. The van der Waals surface area contributed by atoms with Gasteiger partial charge in [-0.1, -0.05) is 0 Å². The monoisotopic (exact) mass is 265 g/mol. The van der Waals surface area contributed by atoms with E-state index < -0.39 is 0 Å². The van der Waals surface area contributed by atoms with E-state index in [0.29, 0.717) is 0 Å². The van der Waals surface area contributed by atoms with Gasteiger partial charge in [0.15, 0.2) is 0 Å². The molecular formula is C9H7O3Ru. The number of rotatable bonds is 0. The Kier molecular flexibility index (Phi) is 31.1. The zero-order valence-electron chi connectivity index (χ0n) is 6.72. The molecule has 0 aromatic rings. The summed E-state index contributed by atoms with van der Waals surface area (Å²) in [4.78, 5) is 22.5. The third-order valence-corrected chi connectivity index (χ3v) is 1.68. The van der Waals surface area contributed by atoms with Crippen molar-refractivity contribution >= 4 is 20.4 Å². The van der Waals surface area contributed by atoms with Crippen molar-refractivity contribution in [1.82, 2.24) is 0 Å². The minimum absolute atomic E-state index is 1.22. The Morgan fingerprint density at radius 3 is 1.69 bits per heavy atom. The van der Waals surface area contributed by atoms with Crippen LogP contribution in [-0.2, 0) is 32.7 Å². The molecule has 0 spiro atoms. The van der Waals surface area contributed by atoms with Gasteiger partial charge in [-0.2, -0.15) is 0 Å². The van der Waals surface area contributed by atoms with Crippen molar-refractivity contribution in [2.24, 2.45) is 0 Å². The van der Waals surface area contributed by atoms with Gasteiger partial charge in [-0.25, -0.2) is 0 Å². The van der Waals surface area contributed by atoms with Gasteiger partial charge >= 0.3 is 53.5 Å². The van der Waals surface area contributed by atoms with Gasteiger partial charge in [-0.05, 0) is 0 Å². The summed E-state index contributed by atoms with van der Waals surface area (Å²) in [5.41, 5.74) is 0. The van der Waals surface area contributed by atoms with E-state index in [1.807, 2.05) is 0 Å². The van der Waals surface area contributed by atoms with Gasteiger partial charge in [0, 0.05) is 0 Å². The van der Waals surface area contributed by atoms with Crippen LogP contribution in [0.3, 0.4) is 0 Å². The van der Waals surface area contributed by atoms with Crippen LogP contribution >= 0.6 is 0 Å². The Hall–Kier alpha value is -0.887. The van der Waals surface area contributed by atoms with Gasteiger partial charge < -0.3 is 0 Å². The summed E-state index contributed by atoms with van der Waals surface area (Å²) in [6.07, 6.45) is 8.89. The first-order valence-corrected chi connectivity index (χ1v) is 3.88. The van der Waals surface area contributed by atoms with Gasteiger partial charge in [-0.15, -0.1) is 0 Å². The molecule has 0 bridgehead atoms. The second-order valence-electron chi connectivity index (χ2n) is 1.56. The summed E-state index contributed by atoms with van der Waals surface area (Å²) >= 11 is 2.63. The molecule has 0 unspecified atom stereocenters. The van der Waals surface area contributed by atoms with E-state index in [1.54, 1.807) is 0 Å². The van der Waals surface area contributed by atoms with Crippen molar-refractivity contribution in [3.63, 3.8) is 0 Å². The zero-order chi connectivity index (χ0) is 11.1. The van der Waals surface area contributed by atoms with Crippen molar-refractivity contribution in [3.05, 3.63) is 22.4 Å². The van der Waals surface area contributed by atoms with Crippen molar-refractivity contribution in [1.29, 1.82) is 0 Å². The molecule has 0 saturated carbocycles. The molecule has 1 aliphatic rings. The number of hydrogen-bond acceptors (Lipinski definition) is 3. The summed E-state index contributed by atoms with van der Waals surface area (Å²) in [5.74, 6) is 0. The van der Waals surface area contributed by atoms with Crippen LogP contribution in [0.2, 0.25) is 0 Å². The molecule has 6 radical (unpaired) electrons. The number of hydrogen-bond donors (Lipinski definition) is 0. The Bertz CT molecular complexity index is 150. The average Bonchev–Trinajstić information content (AvgIpc) is 2.28. The maximum atomic E-state index is 7.50. The van der Waals surface area contributed by atoms with Crippen molar-refractivity contribution in [2.45, 2.75) is 12.8 Å². The quantitative estimate of drug-likeness (QED) is 0.601. The summed E-state index contributed by atoms with van der Waals surface area (Å²) in [6, 6.07) is 0. The molecule has 0 aliphatic heterocycles. The molecule has 0 aromatic carbocycles. The van der Waals surface area contributed by atoms with E-state index in [1.165, 1.54) is 17.0 Å². The van der Waals surface area contributed by atoms with Crippen LogP contribution in [0.15, 0.2) is 22.4 Å². The van der Waals surface area contributed by atoms with Gasteiger partial charge in [0.2, 0.25) is 0 Å². The maximum absolute atomic E-state index is 7.50. The number of carbonyl (C=O) groups excluding carboxylic acids is 3. The molecule has 4 heteroatoms. The predicted octanol–water partition coefficient (Wildman–Crippen LogP) is 0.576. The van der Waals surface area contributed by atoms with E-state index in [4.69, 9.17) is 14.4 Å². The van der Waals surface area contributed by atoms with Crippen LogP contribution < -0.4 is 0 Å². The van der Waals surface area contributed by atoms with Crippen molar-refractivity contribution in [2.75, 3.05) is 0 Å². The van der Waals surface area contributed by atoms with Gasteiger partial charge in [-0.3, -0.25) is 14.4 Å². The summed E-state index contributed by atoms with van der Waals surface area (Å²) < 4.78 is 1.43. The van der Waals surface area contributed by atoms with Crippen molar-refractivity contribution in [3.8, 4) is 0 Å². The van der Waals surface area contributed by atoms with Gasteiger partial charge in [0.1, 0.15) is 0 Å². The molecule has 13 heavy (non-hydrogen) atoms. The van der Waals surface area contributed by atoms with E-state index in [-0.39, 0.29) is 0 Å². The molecule has 69 valence electrons. The Balaban J connectivity index is -0.000000144. The molecule has 1 rings (SSSR count). The predicted molar refractivity (Wildman–Crippen MR) is 43.5 cm³/mol. The van der Waals surface area contributed by atoms with E-state index >= 15 is 0 Å². The van der Waals surface area contributed by atoms with E-state index in [0.717, 1.165) is 0 Å². The summed E-state index contributed by atoms with van der Waals surface area (Å²) in [7, 11) is 0. The third kappa shape index (κ3) is 18.2. The molecule has 0 heterocycles. The Labute approximate surface area is 88.6 Å². The van der Waals surface area contributed by atoms with Crippen LogP contribution in [-0.4, -0.2) is 20.4 Å². The molecule has 0 amide bonds. The summed E-state index contributed by atoms with van der Waals surface area (Å²) in [6.45, 7) is 13.5. The Morgan fingerprint density at radius 1 is 1.08 bits per heavy atom. The first kappa shape index (κ1) is 18.0. The fourth-order valence-corrected chi connectivity index (χ4v) is 0.985. The first-order chi connectivity index (χ1) is 6.39. The van der Waals surface area contributed by atoms with Gasteiger partial charge in [0.05, 0.1) is 0 Å². The second kappa shape index (κ2) is 22.5. The van der Waals surface area contributed by atoms with Crippen LogP contribution in [0.4, 0.5) is 0 Å². The van der Waals surface area contributed by atoms with Crippen LogP contribution in [0.5, 0.6) is 0 Å². The van der Waals surface area contributed by atoms with Crippen LogP contribution in [0.1, 0.15) is 12.8 Å². The molecular weight excluding hydrogens is 257 g/mol. The normalized spacial score (nSPS) is 11.3. The number of allylic oxidation sites excluding steroid dienone is 4. The van der Waals surface area contributed by atoms with Crippen LogP contribution in [0, 0.1) is 0 Å². The fraction of sp³-hybridized carbons (Fsp3) is 0.222.